The molecule has 0 spiro atoms. The average molecular weight is 382 g/mol. The Hall–Kier alpha value is -2.98. The van der Waals surface area contributed by atoms with E-state index in [0.29, 0.717) is 5.92 Å². The second kappa shape index (κ2) is 7.33. The third kappa shape index (κ3) is 5.02. The highest BCUT2D eigenvalue weighted by molar-refractivity contribution is 5.72. The molecule has 0 amide bonds. The Bertz CT molecular complexity index is 841. The average Bonchev–Trinajstić information content (AvgIpc) is 3.44. The second-order valence-electron chi connectivity index (χ2n) is 6.23. The lowest BCUT2D eigenvalue weighted by Gasteiger charge is -2.14. The molecule has 0 bridgehead atoms. The number of pyridine rings is 1. The van der Waals surface area contributed by atoms with Crippen LogP contribution in [0.15, 0.2) is 18.2 Å². The Kier molecular flexibility index (Phi) is 5.10. The summed E-state index contributed by atoms with van der Waals surface area (Å²) in [4.78, 5) is 26.6. The smallest absolute Gasteiger partial charge is 0.433 e. The van der Waals surface area contributed by atoms with Gasteiger partial charge in [0.05, 0.1) is 0 Å². The van der Waals surface area contributed by atoms with Crippen molar-refractivity contribution in [2.75, 3.05) is 17.2 Å². The summed E-state index contributed by atoms with van der Waals surface area (Å²) in [6.45, 7) is 1.51. The van der Waals surface area contributed by atoms with Crippen molar-refractivity contribution < 1.29 is 23.1 Å². The van der Waals surface area contributed by atoms with Crippen LogP contribution in [0.5, 0.6) is 0 Å². The van der Waals surface area contributed by atoms with Crippen molar-refractivity contribution in [3.05, 3.63) is 23.9 Å². The molecule has 27 heavy (non-hydrogen) atoms. The molecule has 0 aliphatic heterocycles. The lowest BCUT2D eigenvalue weighted by atomic mass is 10.2. The van der Waals surface area contributed by atoms with E-state index < -0.39 is 24.4 Å². The van der Waals surface area contributed by atoms with Crippen LogP contribution in [0.4, 0.5) is 25.1 Å². The van der Waals surface area contributed by atoms with Gasteiger partial charge < -0.3 is 15.7 Å². The zero-order valence-electron chi connectivity index (χ0n) is 14.3. The van der Waals surface area contributed by atoms with E-state index in [1.54, 1.807) is 0 Å². The summed E-state index contributed by atoms with van der Waals surface area (Å²) in [5, 5.41) is 14.4. The van der Waals surface area contributed by atoms with Gasteiger partial charge in [0.1, 0.15) is 17.9 Å². The highest BCUT2D eigenvalue weighted by atomic mass is 19.4. The van der Waals surface area contributed by atoms with Crippen LogP contribution in [0, 0.1) is 5.92 Å². The number of alkyl halides is 3. The number of nitrogens with one attached hydrogen (secondary N) is 2. The first kappa shape index (κ1) is 18.8. The number of aromatic nitrogens is 4. The number of halogens is 3. The molecular weight excluding hydrogens is 365 g/mol. The number of aliphatic carboxylic acids is 1. The van der Waals surface area contributed by atoms with Crippen LogP contribution in [0.25, 0.3) is 11.5 Å². The molecule has 0 aromatic carbocycles. The summed E-state index contributed by atoms with van der Waals surface area (Å²) in [7, 11) is 0. The summed E-state index contributed by atoms with van der Waals surface area (Å²) >= 11 is 0. The second-order valence-corrected chi connectivity index (χ2v) is 6.23. The van der Waals surface area contributed by atoms with Crippen LogP contribution in [0.1, 0.15) is 25.5 Å². The molecule has 1 saturated carbocycles. The summed E-state index contributed by atoms with van der Waals surface area (Å²) in [6.07, 6.45) is -2.45. The standard InChI is InChI=1S/C16H17F3N6O2/c1-8(9-5-6-9)21-15-24-13(23-14(25-15)20-7-12(26)27)10-3-2-4-11(22-10)16(17,18)19/h2-4,8-9H,5-7H2,1H3,(H,26,27)(H2,20,21,23,24,25)/t8-/m1/s1. The third-order valence-corrected chi connectivity index (χ3v) is 3.99. The van der Waals surface area contributed by atoms with E-state index in [1.807, 2.05) is 6.92 Å². The van der Waals surface area contributed by atoms with E-state index in [1.165, 1.54) is 12.1 Å². The molecule has 2 heterocycles. The van der Waals surface area contributed by atoms with Crippen LogP contribution < -0.4 is 10.6 Å². The molecular formula is C16H17F3N6O2. The molecule has 0 radical (unpaired) electrons. The molecule has 3 N–H and O–H groups in total. The number of anilines is 2. The molecule has 144 valence electrons. The summed E-state index contributed by atoms with van der Waals surface area (Å²) < 4.78 is 38.7. The quantitative estimate of drug-likeness (QED) is 0.670. The molecule has 1 aliphatic rings. The van der Waals surface area contributed by atoms with Crippen LogP contribution in [0.3, 0.4) is 0 Å². The summed E-state index contributed by atoms with van der Waals surface area (Å²) in [5.41, 5.74) is -1.16. The SMILES string of the molecule is C[C@@H](Nc1nc(NCC(=O)O)nc(-c2cccc(C(F)(F)F)n2)n1)C1CC1. The van der Waals surface area contributed by atoms with Crippen molar-refractivity contribution in [1.82, 2.24) is 19.9 Å². The zero-order chi connectivity index (χ0) is 19.6. The van der Waals surface area contributed by atoms with Crippen molar-refractivity contribution in [3.63, 3.8) is 0 Å². The van der Waals surface area contributed by atoms with Crippen molar-refractivity contribution in [1.29, 1.82) is 0 Å². The van der Waals surface area contributed by atoms with Gasteiger partial charge in [-0.1, -0.05) is 6.07 Å². The number of carboxylic acid groups (broad SMARTS) is 1. The maximum atomic E-state index is 12.9. The predicted molar refractivity (Wildman–Crippen MR) is 90.0 cm³/mol. The predicted octanol–water partition coefficient (Wildman–Crippen LogP) is 2.66. The number of carboxylic acids is 1. The van der Waals surface area contributed by atoms with Gasteiger partial charge in [0.25, 0.3) is 0 Å². The minimum absolute atomic E-state index is 0.0629. The number of hydrogen-bond donors (Lipinski definition) is 3. The van der Waals surface area contributed by atoms with Gasteiger partial charge in [-0.2, -0.15) is 28.1 Å². The molecule has 0 unspecified atom stereocenters. The molecule has 1 atom stereocenters. The Labute approximate surface area is 152 Å². The van der Waals surface area contributed by atoms with Crippen molar-refractivity contribution in [3.8, 4) is 11.5 Å². The fourth-order valence-corrected chi connectivity index (χ4v) is 2.42. The number of hydrogen-bond acceptors (Lipinski definition) is 7. The van der Waals surface area contributed by atoms with Gasteiger partial charge in [0, 0.05) is 6.04 Å². The molecule has 8 nitrogen and oxygen atoms in total. The first-order valence-corrected chi connectivity index (χ1v) is 8.25. The van der Waals surface area contributed by atoms with Gasteiger partial charge in [0.15, 0.2) is 5.82 Å². The van der Waals surface area contributed by atoms with Crippen LogP contribution >= 0.6 is 0 Å². The maximum absolute atomic E-state index is 12.9. The molecule has 2 aromatic heterocycles. The lowest BCUT2D eigenvalue weighted by Crippen LogP contribution is -2.21. The monoisotopic (exact) mass is 382 g/mol. The van der Waals surface area contributed by atoms with E-state index in [-0.39, 0.29) is 29.5 Å². The Morgan fingerprint density at radius 3 is 2.56 bits per heavy atom. The number of nitrogens with zero attached hydrogens (tertiary/aromatic N) is 4. The van der Waals surface area contributed by atoms with Crippen molar-refractivity contribution in [2.45, 2.75) is 32.0 Å². The fraction of sp³-hybridized carbons (Fsp3) is 0.438. The molecule has 1 aliphatic carbocycles. The first-order chi connectivity index (χ1) is 12.7. The highest BCUT2D eigenvalue weighted by Gasteiger charge is 2.33. The van der Waals surface area contributed by atoms with Crippen LogP contribution in [-0.2, 0) is 11.0 Å². The largest absolute Gasteiger partial charge is 0.480 e. The van der Waals surface area contributed by atoms with Crippen molar-refractivity contribution in [2.24, 2.45) is 5.92 Å². The number of carbonyl (C=O) groups is 1. The van der Waals surface area contributed by atoms with Gasteiger partial charge in [-0.25, -0.2) is 4.98 Å². The Morgan fingerprint density at radius 2 is 1.93 bits per heavy atom. The lowest BCUT2D eigenvalue weighted by molar-refractivity contribution is -0.141. The first-order valence-electron chi connectivity index (χ1n) is 8.25. The highest BCUT2D eigenvalue weighted by Crippen LogP contribution is 2.34. The van der Waals surface area contributed by atoms with Gasteiger partial charge in [0.2, 0.25) is 11.9 Å². The maximum Gasteiger partial charge on any atom is 0.433 e. The molecule has 3 rings (SSSR count). The van der Waals surface area contributed by atoms with E-state index >= 15 is 0 Å². The van der Waals surface area contributed by atoms with Gasteiger partial charge in [-0.05, 0) is 37.8 Å². The third-order valence-electron chi connectivity index (χ3n) is 3.99. The summed E-state index contributed by atoms with van der Waals surface area (Å²) in [5.74, 6) is -0.657. The normalized spacial score (nSPS) is 15.3. The minimum Gasteiger partial charge on any atom is -0.480 e. The Balaban J connectivity index is 1.94. The fourth-order valence-electron chi connectivity index (χ4n) is 2.42. The summed E-state index contributed by atoms with van der Waals surface area (Å²) in [6, 6.07) is 3.48. The number of rotatable bonds is 7. The van der Waals surface area contributed by atoms with E-state index in [2.05, 4.69) is 30.6 Å². The molecule has 0 saturated heterocycles. The van der Waals surface area contributed by atoms with Crippen molar-refractivity contribution >= 4 is 17.9 Å². The molecule has 2 aromatic rings. The van der Waals surface area contributed by atoms with Gasteiger partial charge in [-0.3, -0.25) is 4.79 Å². The zero-order valence-corrected chi connectivity index (χ0v) is 14.3. The van der Waals surface area contributed by atoms with E-state index in [0.717, 1.165) is 18.9 Å². The van der Waals surface area contributed by atoms with Gasteiger partial charge >= 0.3 is 12.1 Å². The van der Waals surface area contributed by atoms with Gasteiger partial charge in [-0.15, -0.1) is 0 Å². The van der Waals surface area contributed by atoms with Crippen LogP contribution in [0.2, 0.25) is 0 Å². The molecule has 11 heteroatoms. The van der Waals surface area contributed by atoms with E-state index in [9.17, 15) is 18.0 Å². The minimum atomic E-state index is -4.60. The Morgan fingerprint density at radius 1 is 1.22 bits per heavy atom. The van der Waals surface area contributed by atoms with E-state index in [4.69, 9.17) is 5.11 Å². The molecule has 1 fully saturated rings. The van der Waals surface area contributed by atoms with Crippen LogP contribution in [-0.4, -0.2) is 43.6 Å². The topological polar surface area (TPSA) is 113 Å².